The van der Waals surface area contributed by atoms with E-state index in [1.165, 1.54) is 23.9 Å². The predicted octanol–water partition coefficient (Wildman–Crippen LogP) is 3.83. The van der Waals surface area contributed by atoms with Crippen LogP contribution in [0, 0.1) is 5.82 Å². The van der Waals surface area contributed by atoms with Crippen LogP contribution in [0.5, 0.6) is 0 Å². The topological polar surface area (TPSA) is 72.7 Å². The van der Waals surface area contributed by atoms with Gasteiger partial charge in [-0.1, -0.05) is 28.1 Å². The third kappa shape index (κ3) is 4.89. The van der Waals surface area contributed by atoms with Crippen LogP contribution in [-0.4, -0.2) is 26.1 Å². The molecule has 0 aliphatic heterocycles. The molecule has 0 bridgehead atoms. The van der Waals surface area contributed by atoms with Crippen molar-refractivity contribution in [3.8, 4) is 0 Å². The van der Waals surface area contributed by atoms with Crippen molar-refractivity contribution in [2.24, 2.45) is 7.05 Å². The lowest BCUT2D eigenvalue weighted by Gasteiger charge is -2.11. The minimum absolute atomic E-state index is 0.120. The summed E-state index contributed by atoms with van der Waals surface area (Å²) in [4.78, 5) is 13.2. The molecule has 9 heteroatoms. The van der Waals surface area contributed by atoms with E-state index in [1.54, 1.807) is 23.9 Å². The van der Waals surface area contributed by atoms with E-state index < -0.39 is 0 Å². The second-order valence-corrected chi connectivity index (χ2v) is 7.43. The maximum atomic E-state index is 12.9. The van der Waals surface area contributed by atoms with Crippen LogP contribution in [-0.2, 0) is 18.3 Å². The van der Waals surface area contributed by atoms with Gasteiger partial charge in [-0.25, -0.2) is 9.07 Å². The fraction of sp³-hybridized carbons (Fsp3) is 0.176. The molecule has 0 aliphatic rings. The molecule has 134 valence electrons. The molecule has 6 nitrogen and oxygen atoms in total. The summed E-state index contributed by atoms with van der Waals surface area (Å²) in [7, 11) is 1.75. The van der Waals surface area contributed by atoms with Gasteiger partial charge in [-0.2, -0.15) is 0 Å². The zero-order valence-corrected chi connectivity index (χ0v) is 16.2. The molecule has 2 aromatic carbocycles. The Balaban J connectivity index is 1.68. The lowest BCUT2D eigenvalue weighted by molar-refractivity contribution is -0.116. The molecule has 0 fully saturated rings. The molecule has 0 saturated carbocycles. The molecule has 3 rings (SSSR count). The van der Waals surface area contributed by atoms with Crippen molar-refractivity contribution in [2.75, 3.05) is 5.32 Å². The minimum atomic E-state index is -0.285. The molecule has 0 radical (unpaired) electrons. The van der Waals surface area contributed by atoms with Crippen LogP contribution in [0.25, 0.3) is 0 Å². The number of nitrogens with one attached hydrogen (secondary N) is 1. The number of hydrogen-bond donors (Lipinski definition) is 1. The van der Waals surface area contributed by atoms with Crippen LogP contribution in [0.1, 0.15) is 12.0 Å². The molecule has 0 spiro atoms. The largest absolute Gasteiger partial charge is 0.325 e. The molecule has 1 N–H and O–H groups in total. The van der Waals surface area contributed by atoms with Gasteiger partial charge in [-0.15, -0.1) is 5.10 Å². The third-order valence-electron chi connectivity index (χ3n) is 3.55. The third-order valence-corrected chi connectivity index (χ3v) is 5.15. The average Bonchev–Trinajstić information content (AvgIpc) is 3.02. The highest BCUT2D eigenvalue weighted by Crippen LogP contribution is 2.33. The Hall–Kier alpha value is -2.26. The van der Waals surface area contributed by atoms with Crippen molar-refractivity contribution >= 4 is 39.3 Å². The number of rotatable bonds is 6. The van der Waals surface area contributed by atoms with Gasteiger partial charge >= 0.3 is 0 Å². The number of anilines is 1. The summed E-state index contributed by atoms with van der Waals surface area (Å²) in [5.41, 5.74) is 1.59. The number of tetrazole rings is 1. The molecule has 0 atom stereocenters. The molecule has 3 aromatic rings. The molecule has 0 saturated heterocycles. The first kappa shape index (κ1) is 18.5. The van der Waals surface area contributed by atoms with Crippen LogP contribution in [0.4, 0.5) is 10.1 Å². The number of nitrogens with zero attached hydrogens (tertiary/aromatic N) is 4. The first-order valence-corrected chi connectivity index (χ1v) is 9.36. The van der Waals surface area contributed by atoms with Crippen molar-refractivity contribution in [3.63, 3.8) is 0 Å². The quantitative estimate of drug-likeness (QED) is 0.636. The Bertz CT molecular complexity index is 916. The number of aryl methyl sites for hydroxylation is 2. The van der Waals surface area contributed by atoms with Gasteiger partial charge in [0.2, 0.25) is 11.1 Å². The number of carbonyl (C=O) groups is 1. The highest BCUT2D eigenvalue weighted by Gasteiger charge is 2.12. The highest BCUT2D eigenvalue weighted by molar-refractivity contribution is 9.10. The lowest BCUT2D eigenvalue weighted by atomic mass is 10.1. The van der Waals surface area contributed by atoms with Crippen molar-refractivity contribution in [3.05, 3.63) is 58.3 Å². The van der Waals surface area contributed by atoms with Gasteiger partial charge in [0.15, 0.2) is 0 Å². The maximum absolute atomic E-state index is 12.9. The van der Waals surface area contributed by atoms with Crippen LogP contribution < -0.4 is 5.32 Å². The van der Waals surface area contributed by atoms with Crippen LogP contribution in [0.15, 0.2) is 57.0 Å². The van der Waals surface area contributed by atoms with Gasteiger partial charge in [0.05, 0.1) is 5.69 Å². The van der Waals surface area contributed by atoms with Crippen molar-refractivity contribution in [1.82, 2.24) is 20.2 Å². The van der Waals surface area contributed by atoms with Gasteiger partial charge in [0, 0.05) is 22.8 Å². The fourth-order valence-corrected chi connectivity index (χ4v) is 3.38. The lowest BCUT2D eigenvalue weighted by Crippen LogP contribution is -2.13. The van der Waals surface area contributed by atoms with Crippen molar-refractivity contribution in [1.29, 1.82) is 0 Å². The van der Waals surface area contributed by atoms with Gasteiger partial charge in [-0.3, -0.25) is 4.79 Å². The zero-order valence-electron chi connectivity index (χ0n) is 13.8. The molecule has 0 unspecified atom stereocenters. The molecule has 1 heterocycles. The number of halogens is 2. The first-order chi connectivity index (χ1) is 12.5. The smallest absolute Gasteiger partial charge is 0.224 e. The van der Waals surface area contributed by atoms with Crippen molar-refractivity contribution in [2.45, 2.75) is 22.9 Å². The second kappa shape index (κ2) is 8.41. The van der Waals surface area contributed by atoms with E-state index in [0.717, 1.165) is 14.9 Å². The molecular weight excluding hydrogens is 421 g/mol. The van der Waals surface area contributed by atoms with E-state index in [4.69, 9.17) is 0 Å². The summed E-state index contributed by atoms with van der Waals surface area (Å²) in [5.74, 6) is -0.405. The van der Waals surface area contributed by atoms with E-state index in [1.807, 2.05) is 18.2 Å². The SMILES string of the molecule is Cn1nnnc1Sc1ccc(Br)cc1NC(=O)CCc1ccc(F)cc1. The summed E-state index contributed by atoms with van der Waals surface area (Å²) in [6.45, 7) is 0. The molecular formula is C17H15BrFN5OS. The summed E-state index contributed by atoms with van der Waals surface area (Å²) < 4.78 is 15.4. The van der Waals surface area contributed by atoms with Crippen LogP contribution in [0.2, 0.25) is 0 Å². The highest BCUT2D eigenvalue weighted by atomic mass is 79.9. The predicted molar refractivity (Wildman–Crippen MR) is 100 cm³/mol. The Labute approximate surface area is 162 Å². The van der Waals surface area contributed by atoms with Gasteiger partial charge < -0.3 is 5.32 Å². The van der Waals surface area contributed by atoms with Gasteiger partial charge in [-0.05, 0) is 64.5 Å². The van der Waals surface area contributed by atoms with E-state index in [9.17, 15) is 9.18 Å². The summed E-state index contributed by atoms with van der Waals surface area (Å²) in [6, 6.07) is 11.8. The van der Waals surface area contributed by atoms with E-state index in [-0.39, 0.29) is 11.7 Å². The minimum Gasteiger partial charge on any atom is -0.325 e. The van der Waals surface area contributed by atoms with E-state index in [0.29, 0.717) is 23.7 Å². The van der Waals surface area contributed by atoms with Gasteiger partial charge in [0.25, 0.3) is 0 Å². The summed E-state index contributed by atoms with van der Waals surface area (Å²) >= 11 is 4.78. The van der Waals surface area contributed by atoms with Crippen molar-refractivity contribution < 1.29 is 9.18 Å². The number of carbonyl (C=O) groups excluding carboxylic acids is 1. The number of aromatic nitrogens is 4. The Morgan fingerprint density at radius 1 is 1.27 bits per heavy atom. The van der Waals surface area contributed by atoms with Gasteiger partial charge in [0.1, 0.15) is 5.82 Å². The van der Waals surface area contributed by atoms with Crippen LogP contribution in [0.3, 0.4) is 0 Å². The number of hydrogen-bond acceptors (Lipinski definition) is 5. The molecule has 1 aromatic heterocycles. The number of amides is 1. The number of benzene rings is 2. The summed E-state index contributed by atoms with van der Waals surface area (Å²) in [6.07, 6.45) is 0.837. The van der Waals surface area contributed by atoms with E-state index >= 15 is 0 Å². The molecule has 1 amide bonds. The standard InChI is InChI=1S/C17H15BrFN5OS/c1-24-17(21-22-23-24)26-15-8-5-12(18)10-14(15)20-16(25)9-4-11-2-6-13(19)7-3-11/h2-3,5-8,10H,4,9H2,1H3,(H,20,25). The molecule has 26 heavy (non-hydrogen) atoms. The summed E-state index contributed by atoms with van der Waals surface area (Å²) in [5, 5.41) is 14.9. The Kier molecular flexibility index (Phi) is 6.00. The molecule has 0 aliphatic carbocycles. The van der Waals surface area contributed by atoms with E-state index in [2.05, 4.69) is 36.8 Å². The normalized spacial score (nSPS) is 10.7. The van der Waals surface area contributed by atoms with Crippen LogP contribution >= 0.6 is 27.7 Å². The maximum Gasteiger partial charge on any atom is 0.224 e. The Morgan fingerprint density at radius 3 is 2.73 bits per heavy atom. The zero-order chi connectivity index (χ0) is 18.5. The first-order valence-electron chi connectivity index (χ1n) is 7.75. The fourth-order valence-electron chi connectivity index (χ4n) is 2.22. The second-order valence-electron chi connectivity index (χ2n) is 5.50. The average molecular weight is 436 g/mol. The Morgan fingerprint density at radius 2 is 2.04 bits per heavy atom. The monoisotopic (exact) mass is 435 g/mol.